The molecule has 5 rings (SSSR count). The van der Waals surface area contributed by atoms with Gasteiger partial charge in [-0.3, -0.25) is 5.43 Å². The number of aliphatic hydroxyl groups is 4. The van der Waals surface area contributed by atoms with E-state index in [1.165, 1.54) is 0 Å². The molecule has 3 heterocycles. The largest absolute Gasteiger partial charge is 0.462 e. The number of hydrogen-bond donors (Lipinski definition) is 5. The zero-order valence-corrected chi connectivity index (χ0v) is 20.7. The fraction of sp³-hybridized carbons (Fsp3) is 0.269. The molecule has 1 aliphatic rings. The van der Waals surface area contributed by atoms with Gasteiger partial charge in [-0.2, -0.15) is 10.2 Å². The van der Waals surface area contributed by atoms with E-state index in [9.17, 15) is 20.4 Å². The van der Waals surface area contributed by atoms with Crippen LogP contribution in [-0.4, -0.2) is 83.7 Å². The summed E-state index contributed by atoms with van der Waals surface area (Å²) in [5.41, 5.74) is 5.54. The van der Waals surface area contributed by atoms with Gasteiger partial charge in [0.1, 0.15) is 36.0 Å². The van der Waals surface area contributed by atoms with Crippen LogP contribution in [0.2, 0.25) is 0 Å². The van der Waals surface area contributed by atoms with Crippen LogP contribution in [0.4, 0.5) is 11.5 Å². The van der Waals surface area contributed by atoms with Crippen molar-refractivity contribution in [3.63, 3.8) is 0 Å². The molecule has 1 aliphatic heterocycles. The molecule has 2 aromatic carbocycles. The lowest BCUT2D eigenvalue weighted by Crippen LogP contribution is -2.60. The molecule has 0 spiro atoms. The van der Waals surface area contributed by atoms with E-state index in [0.717, 1.165) is 11.3 Å². The SMILES string of the molecule is [C-]#[N+]c1ccc(-n2ncc3c(NN=Cc4ccc(OC5OC(CO)C(O)C(O)C5O)cc4)nc(C)nc32)cc1. The Hall–Kier alpha value is -4.45. The van der Waals surface area contributed by atoms with Gasteiger partial charge in [-0.05, 0) is 48.9 Å². The number of fused-ring (bicyclic) bond motifs is 1. The van der Waals surface area contributed by atoms with Gasteiger partial charge in [0.05, 0.1) is 36.7 Å². The molecule has 200 valence electrons. The fourth-order valence-corrected chi connectivity index (χ4v) is 4.06. The Kier molecular flexibility index (Phi) is 7.46. The number of aliphatic hydroxyl groups excluding tert-OH is 4. The smallest absolute Gasteiger partial charge is 0.229 e. The number of aryl methyl sites for hydroxylation is 1. The predicted octanol–water partition coefficient (Wildman–Crippen LogP) is 1.30. The molecule has 2 aromatic heterocycles. The standard InChI is InChI=1S/C26H25N7O6/c1-14-30-24(19-12-29-33(25(19)31-14)17-7-5-16(27-2)6-8-17)32-28-11-15-3-9-18(10-4-15)38-26-23(37)22(36)21(35)20(13-34)39-26/h3-12,20-23,26,34-37H,13H2,1H3,(H,30,31,32). The molecule has 1 saturated heterocycles. The van der Waals surface area contributed by atoms with Crippen molar-refractivity contribution in [1.29, 1.82) is 0 Å². The molecule has 0 bridgehead atoms. The van der Waals surface area contributed by atoms with E-state index in [1.807, 2.05) is 0 Å². The summed E-state index contributed by atoms with van der Waals surface area (Å²) in [6.45, 7) is 8.34. The van der Waals surface area contributed by atoms with E-state index in [4.69, 9.17) is 16.0 Å². The third-order valence-electron chi connectivity index (χ3n) is 6.13. The summed E-state index contributed by atoms with van der Waals surface area (Å²) in [5, 5.41) is 48.7. The number of benzene rings is 2. The van der Waals surface area contributed by atoms with E-state index in [1.54, 1.807) is 72.5 Å². The van der Waals surface area contributed by atoms with Crippen LogP contribution in [0, 0.1) is 13.5 Å². The summed E-state index contributed by atoms with van der Waals surface area (Å²) in [7, 11) is 0. The van der Waals surface area contributed by atoms with E-state index in [-0.39, 0.29) is 0 Å². The second kappa shape index (κ2) is 11.1. The molecular weight excluding hydrogens is 506 g/mol. The third-order valence-corrected chi connectivity index (χ3v) is 6.13. The quantitative estimate of drug-likeness (QED) is 0.133. The van der Waals surface area contributed by atoms with Gasteiger partial charge in [0.25, 0.3) is 0 Å². The van der Waals surface area contributed by atoms with Crippen molar-refractivity contribution in [3.8, 4) is 11.4 Å². The zero-order chi connectivity index (χ0) is 27.5. The summed E-state index contributed by atoms with van der Waals surface area (Å²) in [6, 6.07) is 13.7. The average molecular weight is 532 g/mol. The van der Waals surface area contributed by atoms with Crippen LogP contribution in [-0.2, 0) is 4.74 Å². The summed E-state index contributed by atoms with van der Waals surface area (Å²) in [6.07, 6.45) is -3.58. The number of ether oxygens (including phenoxy) is 2. The van der Waals surface area contributed by atoms with Crippen molar-refractivity contribution in [1.82, 2.24) is 19.7 Å². The molecule has 13 nitrogen and oxygen atoms in total. The van der Waals surface area contributed by atoms with E-state index in [0.29, 0.717) is 34.1 Å². The summed E-state index contributed by atoms with van der Waals surface area (Å²) >= 11 is 0. The van der Waals surface area contributed by atoms with Gasteiger partial charge in [-0.15, -0.1) is 0 Å². The minimum Gasteiger partial charge on any atom is -0.462 e. The first-order chi connectivity index (χ1) is 18.9. The fourth-order valence-electron chi connectivity index (χ4n) is 4.06. The number of aromatic nitrogens is 4. The van der Waals surface area contributed by atoms with Crippen molar-refractivity contribution >= 4 is 28.8 Å². The Morgan fingerprint density at radius 1 is 1.08 bits per heavy atom. The van der Waals surface area contributed by atoms with Gasteiger partial charge in [-0.1, -0.05) is 12.1 Å². The molecule has 5 atom stereocenters. The molecule has 13 heteroatoms. The maximum atomic E-state index is 10.1. The second-order valence-electron chi connectivity index (χ2n) is 8.80. The van der Waals surface area contributed by atoms with Crippen LogP contribution in [0.25, 0.3) is 21.6 Å². The van der Waals surface area contributed by atoms with Gasteiger partial charge >= 0.3 is 0 Å². The molecule has 5 unspecified atom stereocenters. The van der Waals surface area contributed by atoms with Crippen LogP contribution in [0.15, 0.2) is 59.8 Å². The number of hydrogen-bond acceptors (Lipinski definition) is 11. The van der Waals surface area contributed by atoms with E-state index < -0.39 is 37.3 Å². The first-order valence-corrected chi connectivity index (χ1v) is 11.9. The number of rotatable bonds is 7. The monoisotopic (exact) mass is 531 g/mol. The third kappa shape index (κ3) is 5.41. The molecule has 0 aliphatic carbocycles. The Morgan fingerprint density at radius 3 is 2.51 bits per heavy atom. The van der Waals surface area contributed by atoms with E-state index in [2.05, 4.69) is 30.4 Å². The Balaban J connectivity index is 1.27. The topological polar surface area (TPSA) is 172 Å². The predicted molar refractivity (Wildman–Crippen MR) is 140 cm³/mol. The van der Waals surface area contributed by atoms with Crippen molar-refractivity contribution in [2.45, 2.75) is 37.6 Å². The minimum atomic E-state index is -1.52. The maximum absolute atomic E-state index is 10.1. The van der Waals surface area contributed by atoms with Crippen LogP contribution in [0.5, 0.6) is 5.75 Å². The highest BCUT2D eigenvalue weighted by Crippen LogP contribution is 2.26. The number of nitrogens with zero attached hydrogens (tertiary/aromatic N) is 6. The van der Waals surface area contributed by atoms with Crippen molar-refractivity contribution in [3.05, 3.63) is 77.5 Å². The molecule has 39 heavy (non-hydrogen) atoms. The highest BCUT2D eigenvalue weighted by Gasteiger charge is 2.44. The summed E-state index contributed by atoms with van der Waals surface area (Å²) in [5.74, 6) is 1.34. The number of anilines is 1. The Morgan fingerprint density at radius 2 is 1.82 bits per heavy atom. The molecular formula is C26H25N7O6. The molecule has 0 saturated carbocycles. The molecule has 0 amide bonds. The first kappa shape index (κ1) is 26.2. The average Bonchev–Trinajstić information content (AvgIpc) is 3.38. The number of nitrogens with one attached hydrogen (secondary N) is 1. The van der Waals surface area contributed by atoms with Gasteiger partial charge in [-0.25, -0.2) is 19.5 Å². The summed E-state index contributed by atoms with van der Waals surface area (Å²) in [4.78, 5) is 12.4. The summed E-state index contributed by atoms with van der Waals surface area (Å²) < 4.78 is 12.6. The normalized spacial score (nSPS) is 23.1. The first-order valence-electron chi connectivity index (χ1n) is 11.9. The lowest BCUT2D eigenvalue weighted by molar-refractivity contribution is -0.277. The second-order valence-corrected chi connectivity index (χ2v) is 8.80. The molecule has 1 fully saturated rings. The van der Waals surface area contributed by atoms with Gasteiger partial charge in [0.15, 0.2) is 17.2 Å². The van der Waals surface area contributed by atoms with Crippen molar-refractivity contribution < 1.29 is 29.9 Å². The highest BCUT2D eigenvalue weighted by molar-refractivity contribution is 5.88. The van der Waals surface area contributed by atoms with Gasteiger partial charge in [0, 0.05) is 0 Å². The van der Waals surface area contributed by atoms with Crippen molar-refractivity contribution in [2.75, 3.05) is 12.0 Å². The molecule has 5 N–H and O–H groups in total. The van der Waals surface area contributed by atoms with E-state index >= 15 is 0 Å². The Labute approximate surface area is 222 Å². The van der Waals surface area contributed by atoms with Crippen LogP contribution < -0.4 is 10.2 Å². The lowest BCUT2D eigenvalue weighted by Gasteiger charge is -2.39. The van der Waals surface area contributed by atoms with Gasteiger partial charge < -0.3 is 29.9 Å². The highest BCUT2D eigenvalue weighted by atomic mass is 16.7. The minimum absolute atomic E-state index is 0.342. The van der Waals surface area contributed by atoms with Crippen molar-refractivity contribution in [2.24, 2.45) is 5.10 Å². The molecule has 4 aromatic rings. The maximum Gasteiger partial charge on any atom is 0.229 e. The lowest BCUT2D eigenvalue weighted by atomic mass is 9.99. The van der Waals surface area contributed by atoms with Crippen LogP contribution in [0.1, 0.15) is 11.4 Å². The zero-order valence-electron chi connectivity index (χ0n) is 20.7. The van der Waals surface area contributed by atoms with Gasteiger partial charge in [0.2, 0.25) is 6.29 Å². The Bertz CT molecular complexity index is 1520. The van der Waals surface area contributed by atoms with Crippen LogP contribution >= 0.6 is 0 Å². The number of hydrazone groups is 1. The molecule has 0 radical (unpaired) electrons. The van der Waals surface area contributed by atoms with Crippen LogP contribution in [0.3, 0.4) is 0 Å².